The predicted octanol–water partition coefficient (Wildman–Crippen LogP) is 2.83. The Morgan fingerprint density at radius 3 is 2.50 bits per heavy atom. The number of benzene rings is 1. The zero-order valence-electron chi connectivity index (χ0n) is 10.7. The summed E-state index contributed by atoms with van der Waals surface area (Å²) < 4.78 is 0. The van der Waals surface area contributed by atoms with Crippen molar-refractivity contribution in [1.29, 1.82) is 0 Å². The highest BCUT2D eigenvalue weighted by molar-refractivity contribution is 7.80. The minimum absolute atomic E-state index is 0.173. The average Bonchev–Trinajstić information content (AvgIpc) is 2.28. The highest BCUT2D eigenvalue weighted by atomic mass is 35.5. The smallest absolute Gasteiger partial charge is 0.232 e. The third kappa shape index (κ3) is 3.21. The van der Waals surface area contributed by atoms with Crippen LogP contribution in [0.3, 0.4) is 0 Å². The molecule has 1 atom stereocenters. The van der Waals surface area contributed by atoms with E-state index in [2.05, 4.69) is 5.32 Å². The van der Waals surface area contributed by atoms with Gasteiger partial charge in [-0.1, -0.05) is 42.0 Å². The van der Waals surface area contributed by atoms with E-state index >= 15 is 0 Å². The van der Waals surface area contributed by atoms with Crippen molar-refractivity contribution in [2.45, 2.75) is 26.8 Å². The highest BCUT2D eigenvalue weighted by Gasteiger charge is 2.31. The molecule has 1 aromatic carbocycles. The van der Waals surface area contributed by atoms with Gasteiger partial charge in [0.05, 0.1) is 16.4 Å². The van der Waals surface area contributed by atoms with E-state index in [4.69, 9.17) is 29.6 Å². The molecule has 0 radical (unpaired) electrons. The Hall–Kier alpha value is -1.13. The largest absolute Gasteiger partial charge is 0.392 e. The number of nitrogens with two attached hydrogens (primary N) is 1. The molecule has 0 aliphatic rings. The molecule has 0 bridgehead atoms. The summed E-state index contributed by atoms with van der Waals surface area (Å²) in [6.07, 6.45) is 0. The maximum atomic E-state index is 12.1. The number of hydrogen-bond acceptors (Lipinski definition) is 2. The van der Waals surface area contributed by atoms with Crippen molar-refractivity contribution >= 4 is 34.7 Å². The molecule has 1 amide bonds. The Kier molecular flexibility index (Phi) is 4.71. The molecule has 3 N–H and O–H groups in total. The second-order valence-corrected chi connectivity index (χ2v) is 5.55. The van der Waals surface area contributed by atoms with E-state index in [1.165, 1.54) is 0 Å². The van der Waals surface area contributed by atoms with Crippen molar-refractivity contribution in [2.24, 2.45) is 11.1 Å². The van der Waals surface area contributed by atoms with Crippen molar-refractivity contribution in [3.63, 3.8) is 0 Å². The first-order chi connectivity index (χ1) is 8.26. The lowest BCUT2D eigenvalue weighted by atomic mass is 9.91. The lowest BCUT2D eigenvalue weighted by molar-refractivity contribution is -0.126. The van der Waals surface area contributed by atoms with Crippen LogP contribution in [0.4, 0.5) is 0 Å². The lowest BCUT2D eigenvalue weighted by Crippen LogP contribution is -2.45. The molecule has 5 heteroatoms. The molecule has 0 fully saturated rings. The van der Waals surface area contributed by atoms with Gasteiger partial charge in [0, 0.05) is 5.02 Å². The van der Waals surface area contributed by atoms with Crippen LogP contribution < -0.4 is 11.1 Å². The second kappa shape index (κ2) is 5.67. The standard InChI is InChI=1S/C13H17ClN2OS/c1-8(9-6-4-5-7-10(9)14)16-12(17)13(2,3)11(15)18/h4-8H,1-3H3,(H2,15,18)(H,16,17). The Morgan fingerprint density at radius 2 is 2.00 bits per heavy atom. The quantitative estimate of drug-likeness (QED) is 0.836. The molecule has 18 heavy (non-hydrogen) atoms. The van der Waals surface area contributed by atoms with E-state index in [0.717, 1.165) is 5.56 Å². The van der Waals surface area contributed by atoms with Crippen molar-refractivity contribution in [1.82, 2.24) is 5.32 Å². The topological polar surface area (TPSA) is 55.1 Å². The number of halogens is 1. The second-order valence-electron chi connectivity index (χ2n) is 4.71. The molecule has 0 heterocycles. The van der Waals surface area contributed by atoms with E-state index in [1.54, 1.807) is 19.9 Å². The van der Waals surface area contributed by atoms with Crippen molar-refractivity contribution in [3.05, 3.63) is 34.9 Å². The van der Waals surface area contributed by atoms with Crippen LogP contribution in [0, 0.1) is 5.41 Å². The fourth-order valence-electron chi connectivity index (χ4n) is 1.39. The van der Waals surface area contributed by atoms with Gasteiger partial charge in [0.25, 0.3) is 0 Å². The van der Waals surface area contributed by atoms with Crippen LogP contribution in [0.25, 0.3) is 0 Å². The molecular weight excluding hydrogens is 268 g/mol. The molecule has 0 aliphatic heterocycles. The molecule has 1 unspecified atom stereocenters. The number of carbonyl (C=O) groups is 1. The van der Waals surface area contributed by atoms with Crippen LogP contribution in [-0.2, 0) is 4.79 Å². The van der Waals surface area contributed by atoms with E-state index < -0.39 is 5.41 Å². The summed E-state index contributed by atoms with van der Waals surface area (Å²) in [7, 11) is 0. The molecule has 0 aliphatic carbocycles. The van der Waals surface area contributed by atoms with Crippen LogP contribution in [0.5, 0.6) is 0 Å². The van der Waals surface area contributed by atoms with Crippen LogP contribution >= 0.6 is 23.8 Å². The number of thiocarbonyl (C=S) groups is 1. The highest BCUT2D eigenvalue weighted by Crippen LogP contribution is 2.24. The fraction of sp³-hybridized carbons (Fsp3) is 0.385. The molecule has 1 aromatic rings. The maximum absolute atomic E-state index is 12.1. The summed E-state index contributed by atoms with van der Waals surface area (Å²) in [5.74, 6) is -0.206. The summed E-state index contributed by atoms with van der Waals surface area (Å²) in [5, 5.41) is 3.49. The zero-order chi connectivity index (χ0) is 13.9. The van der Waals surface area contributed by atoms with Crippen molar-refractivity contribution < 1.29 is 4.79 Å². The Labute approximate surface area is 118 Å². The third-order valence-electron chi connectivity index (χ3n) is 2.90. The van der Waals surface area contributed by atoms with Gasteiger partial charge < -0.3 is 11.1 Å². The van der Waals surface area contributed by atoms with Gasteiger partial charge in [-0.05, 0) is 32.4 Å². The number of amides is 1. The Balaban J connectivity index is 2.84. The van der Waals surface area contributed by atoms with Crippen LogP contribution in [0.2, 0.25) is 5.02 Å². The van der Waals surface area contributed by atoms with Crippen molar-refractivity contribution in [2.75, 3.05) is 0 Å². The number of rotatable bonds is 4. The van der Waals surface area contributed by atoms with E-state index in [9.17, 15) is 4.79 Å². The SMILES string of the molecule is CC(NC(=O)C(C)(C)C(N)=S)c1ccccc1Cl. The molecule has 3 nitrogen and oxygen atoms in total. The average molecular weight is 285 g/mol. The summed E-state index contributed by atoms with van der Waals surface area (Å²) >= 11 is 11.0. The number of carbonyl (C=O) groups excluding carboxylic acids is 1. The molecule has 0 spiro atoms. The zero-order valence-corrected chi connectivity index (χ0v) is 12.2. The minimum Gasteiger partial charge on any atom is -0.392 e. The van der Waals surface area contributed by atoms with Gasteiger partial charge in [0.2, 0.25) is 5.91 Å². The molecule has 0 saturated carbocycles. The van der Waals surface area contributed by atoms with Gasteiger partial charge in [-0.2, -0.15) is 0 Å². The van der Waals surface area contributed by atoms with Gasteiger partial charge >= 0.3 is 0 Å². The number of hydrogen-bond donors (Lipinski definition) is 2. The molecule has 98 valence electrons. The van der Waals surface area contributed by atoms with Gasteiger partial charge in [-0.3, -0.25) is 4.79 Å². The molecular formula is C13H17ClN2OS. The van der Waals surface area contributed by atoms with Crippen LogP contribution in [0.15, 0.2) is 24.3 Å². The monoisotopic (exact) mass is 284 g/mol. The lowest BCUT2D eigenvalue weighted by Gasteiger charge is -2.25. The van der Waals surface area contributed by atoms with Crippen LogP contribution in [0.1, 0.15) is 32.4 Å². The van der Waals surface area contributed by atoms with Gasteiger partial charge in [-0.15, -0.1) is 0 Å². The molecule has 1 rings (SSSR count). The predicted molar refractivity (Wildman–Crippen MR) is 78.6 cm³/mol. The van der Waals surface area contributed by atoms with E-state index in [0.29, 0.717) is 5.02 Å². The Bertz CT molecular complexity index is 474. The van der Waals surface area contributed by atoms with Crippen LogP contribution in [-0.4, -0.2) is 10.9 Å². The first-order valence-electron chi connectivity index (χ1n) is 5.62. The van der Waals surface area contributed by atoms with Gasteiger partial charge in [-0.25, -0.2) is 0 Å². The summed E-state index contributed by atoms with van der Waals surface area (Å²) in [4.78, 5) is 12.3. The Morgan fingerprint density at radius 1 is 1.44 bits per heavy atom. The molecule has 0 saturated heterocycles. The normalized spacial score (nSPS) is 12.9. The third-order valence-corrected chi connectivity index (χ3v) is 3.76. The molecule has 0 aromatic heterocycles. The maximum Gasteiger partial charge on any atom is 0.232 e. The first-order valence-corrected chi connectivity index (χ1v) is 6.40. The van der Waals surface area contributed by atoms with Gasteiger partial charge in [0.1, 0.15) is 0 Å². The van der Waals surface area contributed by atoms with Crippen molar-refractivity contribution in [3.8, 4) is 0 Å². The summed E-state index contributed by atoms with van der Waals surface area (Å²) in [6, 6.07) is 7.20. The summed E-state index contributed by atoms with van der Waals surface area (Å²) in [6.45, 7) is 5.27. The summed E-state index contributed by atoms with van der Waals surface area (Å²) in [5.41, 5.74) is 5.56. The fourth-order valence-corrected chi connectivity index (χ4v) is 1.79. The van der Waals surface area contributed by atoms with E-state index in [-0.39, 0.29) is 16.9 Å². The first kappa shape index (κ1) is 14.9. The minimum atomic E-state index is -0.870. The van der Waals surface area contributed by atoms with E-state index in [1.807, 2.05) is 25.1 Å². The van der Waals surface area contributed by atoms with Gasteiger partial charge in [0.15, 0.2) is 0 Å². The number of nitrogens with one attached hydrogen (secondary N) is 1.